The van der Waals surface area contributed by atoms with Crippen molar-refractivity contribution in [1.82, 2.24) is 0 Å². The van der Waals surface area contributed by atoms with Gasteiger partial charge >= 0.3 is 11.9 Å². The quantitative estimate of drug-likeness (QED) is 0.531. The molecule has 0 radical (unpaired) electrons. The summed E-state index contributed by atoms with van der Waals surface area (Å²) in [7, 11) is 12.2. The van der Waals surface area contributed by atoms with E-state index in [2.05, 4.69) is 0 Å². The van der Waals surface area contributed by atoms with E-state index in [0.717, 1.165) is 22.1 Å². The first-order valence-electron chi connectivity index (χ1n) is 8.03. The third-order valence-electron chi connectivity index (χ3n) is 3.35. The molecule has 1 aromatic carbocycles. The topological polar surface area (TPSA) is 52.6 Å². The van der Waals surface area contributed by atoms with Crippen LogP contribution in [0.25, 0.3) is 0 Å². The first kappa shape index (κ1) is 20.1. The molecule has 6 heteroatoms. The molecular weight excluding hydrogens is 308 g/mol. The Morgan fingerprint density at radius 2 is 1.00 bits per heavy atom. The van der Waals surface area contributed by atoms with Crippen LogP contribution in [0.3, 0.4) is 0 Å². The summed E-state index contributed by atoms with van der Waals surface area (Å²) in [4.78, 5) is 23.9. The number of rotatable bonds is 8. The average molecular weight is 338 g/mol. The molecule has 0 aromatic heterocycles. The van der Waals surface area contributed by atoms with Gasteiger partial charge in [0.15, 0.2) is 0 Å². The largest absolute Gasteiger partial charge is 0.456 e. The highest BCUT2D eigenvalue weighted by Gasteiger charge is 2.14. The maximum atomic E-state index is 11.9. The van der Waals surface area contributed by atoms with Crippen LogP contribution in [0.4, 0.5) is 0 Å². The smallest absolute Gasteiger partial charge is 0.338 e. The van der Waals surface area contributed by atoms with E-state index in [9.17, 15) is 9.59 Å². The molecule has 0 amide bonds. The van der Waals surface area contributed by atoms with E-state index in [0.29, 0.717) is 24.3 Å². The number of likely N-dealkylation sites (N-methyl/N-ethyl adjacent to an activating group) is 2. The highest BCUT2D eigenvalue weighted by Crippen LogP contribution is 2.08. The Morgan fingerprint density at radius 3 is 1.25 bits per heavy atom. The van der Waals surface area contributed by atoms with Crippen molar-refractivity contribution in [2.24, 2.45) is 0 Å². The number of carbonyl (C=O) groups is 2. The number of carbonyl (C=O) groups excluding carboxylic acids is 2. The van der Waals surface area contributed by atoms with Crippen molar-refractivity contribution in [2.45, 2.75) is 0 Å². The zero-order valence-corrected chi connectivity index (χ0v) is 15.7. The molecule has 0 N–H and O–H groups in total. The Balaban J connectivity index is 2.50. The van der Waals surface area contributed by atoms with Gasteiger partial charge in [-0.2, -0.15) is 0 Å². The second-order valence-corrected chi connectivity index (χ2v) is 7.88. The molecule has 0 unspecified atom stereocenters. The predicted octanol–water partition coefficient (Wildman–Crippen LogP) is 1.41. The molecule has 24 heavy (non-hydrogen) atoms. The molecule has 0 aliphatic heterocycles. The minimum absolute atomic E-state index is 0.358. The second kappa shape index (κ2) is 8.26. The molecule has 0 aliphatic carbocycles. The average Bonchev–Trinajstić information content (AvgIpc) is 2.44. The molecule has 1 aromatic rings. The molecule has 0 bridgehead atoms. The van der Waals surface area contributed by atoms with Crippen LogP contribution in [0.2, 0.25) is 0 Å². The molecule has 0 atom stereocenters. The van der Waals surface area contributed by atoms with E-state index in [1.54, 1.807) is 24.3 Å². The van der Waals surface area contributed by atoms with Crippen molar-refractivity contribution in [1.29, 1.82) is 0 Å². The maximum absolute atomic E-state index is 11.9. The van der Waals surface area contributed by atoms with Crippen LogP contribution in [-0.4, -0.2) is 89.5 Å². The minimum Gasteiger partial charge on any atom is -0.456 e. The standard InChI is InChI=1S/C18H30N2O4/c1-19(2,3)11-13-23-17(21)15-7-9-16(10-8-15)18(22)24-14-12-20(4,5)6/h7-10H,11-14H2,1-6H3/q+2. The zero-order valence-electron chi connectivity index (χ0n) is 15.7. The van der Waals surface area contributed by atoms with E-state index in [1.165, 1.54) is 0 Å². The van der Waals surface area contributed by atoms with Crippen LogP contribution >= 0.6 is 0 Å². The Bertz CT molecular complexity index is 503. The number of nitrogens with zero attached hydrogens (tertiary/aromatic N) is 2. The summed E-state index contributed by atoms with van der Waals surface area (Å²) in [6, 6.07) is 6.35. The van der Waals surface area contributed by atoms with Crippen LogP contribution in [0.5, 0.6) is 0 Å². The number of esters is 2. The molecule has 0 fully saturated rings. The number of hydrogen-bond acceptors (Lipinski definition) is 4. The Morgan fingerprint density at radius 1 is 0.708 bits per heavy atom. The molecule has 0 saturated carbocycles. The van der Waals surface area contributed by atoms with Crippen molar-refractivity contribution >= 4 is 11.9 Å². The zero-order chi connectivity index (χ0) is 18.4. The lowest BCUT2D eigenvalue weighted by Gasteiger charge is -2.23. The predicted molar refractivity (Wildman–Crippen MR) is 92.8 cm³/mol. The SMILES string of the molecule is C[N+](C)(C)CCOC(=O)c1ccc(C(=O)OCC[N+](C)(C)C)cc1. The lowest BCUT2D eigenvalue weighted by atomic mass is 10.1. The Kier molecular flexibility index (Phi) is 6.93. The van der Waals surface area contributed by atoms with Crippen molar-refractivity contribution in [3.8, 4) is 0 Å². The summed E-state index contributed by atoms with van der Waals surface area (Å²) in [6.07, 6.45) is 0. The summed E-state index contributed by atoms with van der Waals surface area (Å²) in [5.74, 6) is -0.762. The number of quaternary nitrogens is 2. The highest BCUT2D eigenvalue weighted by molar-refractivity contribution is 5.93. The van der Waals surface area contributed by atoms with Gasteiger partial charge in [0.1, 0.15) is 26.3 Å². The molecule has 6 nitrogen and oxygen atoms in total. The van der Waals surface area contributed by atoms with Gasteiger partial charge in [0.05, 0.1) is 53.4 Å². The summed E-state index contributed by atoms with van der Waals surface area (Å²) < 4.78 is 11.9. The van der Waals surface area contributed by atoms with Gasteiger partial charge in [-0.25, -0.2) is 9.59 Å². The molecule has 0 saturated heterocycles. The van der Waals surface area contributed by atoms with Gasteiger partial charge in [0.2, 0.25) is 0 Å². The van der Waals surface area contributed by atoms with Crippen molar-refractivity contribution in [2.75, 3.05) is 68.6 Å². The fraction of sp³-hybridized carbons (Fsp3) is 0.556. The number of hydrogen-bond donors (Lipinski definition) is 0. The second-order valence-electron chi connectivity index (χ2n) is 7.88. The monoisotopic (exact) mass is 338 g/mol. The van der Waals surface area contributed by atoms with Gasteiger partial charge in [-0.3, -0.25) is 0 Å². The van der Waals surface area contributed by atoms with Crippen LogP contribution in [0.15, 0.2) is 24.3 Å². The van der Waals surface area contributed by atoms with Crippen LogP contribution in [0.1, 0.15) is 20.7 Å². The fourth-order valence-corrected chi connectivity index (χ4v) is 1.73. The summed E-state index contributed by atoms with van der Waals surface area (Å²) in [5.41, 5.74) is 0.860. The van der Waals surface area contributed by atoms with Crippen LogP contribution in [-0.2, 0) is 9.47 Å². The van der Waals surface area contributed by atoms with Gasteiger partial charge < -0.3 is 18.4 Å². The first-order valence-corrected chi connectivity index (χ1v) is 8.03. The van der Waals surface area contributed by atoms with E-state index in [4.69, 9.17) is 9.47 Å². The van der Waals surface area contributed by atoms with E-state index in [-0.39, 0.29) is 11.9 Å². The third-order valence-corrected chi connectivity index (χ3v) is 3.35. The molecule has 134 valence electrons. The van der Waals surface area contributed by atoms with Crippen molar-refractivity contribution < 1.29 is 28.0 Å². The lowest BCUT2D eigenvalue weighted by molar-refractivity contribution is -0.870. The van der Waals surface area contributed by atoms with Crippen LogP contribution in [0, 0.1) is 0 Å². The summed E-state index contributed by atoms with van der Waals surface area (Å²) >= 11 is 0. The van der Waals surface area contributed by atoms with E-state index < -0.39 is 0 Å². The highest BCUT2D eigenvalue weighted by atomic mass is 16.5. The van der Waals surface area contributed by atoms with Crippen molar-refractivity contribution in [3.05, 3.63) is 35.4 Å². The van der Waals surface area contributed by atoms with Gasteiger partial charge in [-0.15, -0.1) is 0 Å². The van der Waals surface area contributed by atoms with Crippen LogP contribution < -0.4 is 0 Å². The van der Waals surface area contributed by atoms with Crippen molar-refractivity contribution in [3.63, 3.8) is 0 Å². The maximum Gasteiger partial charge on any atom is 0.338 e. The van der Waals surface area contributed by atoms with Gasteiger partial charge in [0, 0.05) is 0 Å². The van der Waals surface area contributed by atoms with Gasteiger partial charge in [0.25, 0.3) is 0 Å². The van der Waals surface area contributed by atoms with E-state index in [1.807, 2.05) is 42.3 Å². The normalized spacial score (nSPS) is 11.9. The summed E-state index contributed by atoms with van der Waals surface area (Å²) in [6.45, 7) is 2.19. The Hall–Kier alpha value is -1.92. The Labute approximate surface area is 144 Å². The van der Waals surface area contributed by atoms with Gasteiger partial charge in [-0.05, 0) is 24.3 Å². The minimum atomic E-state index is -0.381. The lowest BCUT2D eigenvalue weighted by Crippen LogP contribution is -2.38. The van der Waals surface area contributed by atoms with E-state index >= 15 is 0 Å². The van der Waals surface area contributed by atoms with Gasteiger partial charge in [-0.1, -0.05) is 0 Å². The first-order chi connectivity index (χ1) is 11.0. The molecule has 0 heterocycles. The number of benzene rings is 1. The molecule has 0 aliphatic rings. The summed E-state index contributed by atoms with van der Waals surface area (Å²) in [5, 5.41) is 0. The molecular formula is C18H30N2O4+2. The third kappa shape index (κ3) is 8.08. The fourth-order valence-electron chi connectivity index (χ4n) is 1.73. The molecule has 1 rings (SSSR count). The molecule has 0 spiro atoms. The number of ether oxygens (including phenoxy) is 2.